The molecule has 1 aliphatic heterocycles. The number of fused-ring (bicyclic) bond motifs is 1. The van der Waals surface area contributed by atoms with Gasteiger partial charge in [-0.25, -0.2) is 0 Å². The Balaban J connectivity index is 1.58. The van der Waals surface area contributed by atoms with E-state index in [1.807, 2.05) is 24.3 Å². The van der Waals surface area contributed by atoms with Crippen LogP contribution in [0.3, 0.4) is 0 Å². The monoisotopic (exact) mass is 295 g/mol. The molecule has 1 N–H and O–H groups in total. The van der Waals surface area contributed by atoms with Crippen molar-refractivity contribution < 1.29 is 13.9 Å². The van der Waals surface area contributed by atoms with E-state index in [0.29, 0.717) is 13.2 Å². The fourth-order valence-corrected chi connectivity index (χ4v) is 2.52. The van der Waals surface area contributed by atoms with Gasteiger partial charge in [-0.3, -0.25) is 0 Å². The summed E-state index contributed by atoms with van der Waals surface area (Å²) in [7, 11) is 0. The maximum absolute atomic E-state index is 5.98. The number of benzene rings is 1. The van der Waals surface area contributed by atoms with Gasteiger partial charge in [0, 0.05) is 23.4 Å². The molecule has 5 heteroatoms. The third-order valence-corrected chi connectivity index (χ3v) is 3.68. The summed E-state index contributed by atoms with van der Waals surface area (Å²) in [4.78, 5) is 0. The number of hydrogen-bond donors (Lipinski definition) is 1. The second kappa shape index (κ2) is 6.14. The molecule has 20 heavy (non-hydrogen) atoms. The lowest BCUT2D eigenvalue weighted by molar-refractivity contribution is -0.0462. The number of rotatable bonds is 5. The topological polar surface area (TPSA) is 43.6 Å². The molecule has 0 spiro atoms. The first-order chi connectivity index (χ1) is 9.72. The Kier molecular flexibility index (Phi) is 4.27. The quantitative estimate of drug-likeness (QED) is 0.917. The van der Waals surface area contributed by atoms with Crippen LogP contribution in [-0.2, 0) is 9.47 Å². The van der Waals surface area contributed by atoms with E-state index < -0.39 is 0 Å². The lowest BCUT2D eigenvalue weighted by Crippen LogP contribution is -2.23. The summed E-state index contributed by atoms with van der Waals surface area (Å²) in [6.45, 7) is 4.30. The van der Waals surface area contributed by atoms with Crippen molar-refractivity contribution in [3.8, 4) is 0 Å². The molecule has 2 heterocycles. The predicted molar refractivity (Wildman–Crippen MR) is 78.0 cm³/mol. The molecule has 0 unspecified atom stereocenters. The molecule has 108 valence electrons. The number of ether oxygens (including phenoxy) is 2. The van der Waals surface area contributed by atoms with E-state index in [-0.39, 0.29) is 12.3 Å². The highest BCUT2D eigenvalue weighted by atomic mass is 35.5. The normalized spacial score (nSPS) is 17.9. The molecular weight excluding hydrogens is 278 g/mol. The molecule has 1 saturated heterocycles. The van der Waals surface area contributed by atoms with Crippen molar-refractivity contribution in [2.45, 2.75) is 25.7 Å². The molecule has 0 saturated carbocycles. The largest absolute Gasteiger partial charge is 0.459 e. The molecular formula is C15H18ClNO3. The zero-order valence-corrected chi connectivity index (χ0v) is 12.2. The van der Waals surface area contributed by atoms with Crippen LogP contribution in [0.2, 0.25) is 5.02 Å². The van der Waals surface area contributed by atoms with Gasteiger partial charge in [-0.15, -0.1) is 0 Å². The Hall–Kier alpha value is -1.07. The van der Waals surface area contributed by atoms with Crippen molar-refractivity contribution in [1.29, 1.82) is 0 Å². The van der Waals surface area contributed by atoms with Crippen molar-refractivity contribution in [3.05, 3.63) is 35.0 Å². The van der Waals surface area contributed by atoms with E-state index in [1.165, 1.54) is 0 Å². The number of hydrogen-bond acceptors (Lipinski definition) is 4. The second-order valence-corrected chi connectivity index (χ2v) is 5.40. The fourth-order valence-electron chi connectivity index (χ4n) is 2.34. The highest BCUT2D eigenvalue weighted by molar-refractivity contribution is 6.31. The molecule has 1 aromatic carbocycles. The summed E-state index contributed by atoms with van der Waals surface area (Å²) in [5.74, 6) is 0.913. The van der Waals surface area contributed by atoms with Crippen molar-refractivity contribution in [2.24, 2.45) is 0 Å². The molecule has 2 aromatic rings. The minimum atomic E-state index is -0.0656. The standard InChI is InChI=1S/C15H18ClNO3/c1-10(17-5-4-15-18-6-7-19-15)14-9-11-8-12(16)2-3-13(11)20-14/h2-3,8-10,15,17H,4-7H2,1H3/t10-/m1/s1. The SMILES string of the molecule is C[C@@H](NCCC1OCCO1)c1cc2cc(Cl)ccc2o1. The lowest BCUT2D eigenvalue weighted by atomic mass is 10.2. The summed E-state index contributed by atoms with van der Waals surface area (Å²) in [6.07, 6.45) is 0.778. The lowest BCUT2D eigenvalue weighted by Gasteiger charge is -2.13. The predicted octanol–water partition coefficient (Wildman–Crippen LogP) is 3.50. The zero-order chi connectivity index (χ0) is 13.9. The summed E-state index contributed by atoms with van der Waals surface area (Å²) in [5, 5.41) is 5.17. The van der Waals surface area contributed by atoms with Gasteiger partial charge in [-0.2, -0.15) is 0 Å². The van der Waals surface area contributed by atoms with Crippen LogP contribution in [0.1, 0.15) is 25.1 Å². The molecule has 1 aromatic heterocycles. The molecule has 1 fully saturated rings. The van der Waals surface area contributed by atoms with Gasteiger partial charge in [0.25, 0.3) is 0 Å². The van der Waals surface area contributed by atoms with Crippen molar-refractivity contribution >= 4 is 22.6 Å². The Labute approximate surface area is 123 Å². The van der Waals surface area contributed by atoms with Crippen LogP contribution < -0.4 is 5.32 Å². The van der Waals surface area contributed by atoms with Gasteiger partial charge < -0.3 is 19.2 Å². The average molecular weight is 296 g/mol. The Morgan fingerprint density at radius 2 is 2.10 bits per heavy atom. The van der Waals surface area contributed by atoms with Crippen LogP contribution >= 0.6 is 11.6 Å². The van der Waals surface area contributed by atoms with Crippen LogP contribution in [0, 0.1) is 0 Å². The first-order valence-corrected chi connectivity index (χ1v) is 7.26. The highest BCUT2D eigenvalue weighted by Crippen LogP contribution is 2.26. The molecule has 4 nitrogen and oxygen atoms in total. The van der Waals surface area contributed by atoms with Gasteiger partial charge in [0.1, 0.15) is 11.3 Å². The van der Waals surface area contributed by atoms with E-state index in [2.05, 4.69) is 12.2 Å². The Morgan fingerprint density at radius 3 is 2.90 bits per heavy atom. The third kappa shape index (κ3) is 3.15. The van der Waals surface area contributed by atoms with Crippen LogP contribution in [-0.4, -0.2) is 26.0 Å². The Bertz CT molecular complexity index is 578. The molecule has 0 radical (unpaired) electrons. The molecule has 3 rings (SSSR count). The fraction of sp³-hybridized carbons (Fsp3) is 0.467. The van der Waals surface area contributed by atoms with Crippen molar-refractivity contribution in [2.75, 3.05) is 19.8 Å². The minimum absolute atomic E-state index is 0.0656. The van der Waals surface area contributed by atoms with Crippen LogP contribution in [0.5, 0.6) is 0 Å². The van der Waals surface area contributed by atoms with Crippen LogP contribution in [0.15, 0.2) is 28.7 Å². The van der Waals surface area contributed by atoms with Gasteiger partial charge in [0.05, 0.1) is 19.3 Å². The van der Waals surface area contributed by atoms with Crippen molar-refractivity contribution in [1.82, 2.24) is 5.32 Å². The van der Waals surface area contributed by atoms with Crippen molar-refractivity contribution in [3.63, 3.8) is 0 Å². The van der Waals surface area contributed by atoms with E-state index >= 15 is 0 Å². The van der Waals surface area contributed by atoms with Gasteiger partial charge in [0.15, 0.2) is 6.29 Å². The second-order valence-electron chi connectivity index (χ2n) is 4.97. The highest BCUT2D eigenvalue weighted by Gasteiger charge is 2.16. The van der Waals surface area contributed by atoms with Gasteiger partial charge in [-0.1, -0.05) is 11.6 Å². The summed E-state index contributed by atoms with van der Waals surface area (Å²) in [5.41, 5.74) is 0.862. The zero-order valence-electron chi connectivity index (χ0n) is 11.4. The maximum Gasteiger partial charge on any atom is 0.159 e. The minimum Gasteiger partial charge on any atom is -0.459 e. The smallest absolute Gasteiger partial charge is 0.159 e. The maximum atomic E-state index is 5.98. The number of furan rings is 1. The van der Waals surface area contributed by atoms with Gasteiger partial charge >= 0.3 is 0 Å². The van der Waals surface area contributed by atoms with E-state index in [1.54, 1.807) is 0 Å². The molecule has 0 aliphatic carbocycles. The first-order valence-electron chi connectivity index (χ1n) is 6.88. The van der Waals surface area contributed by atoms with Crippen LogP contribution in [0.4, 0.5) is 0 Å². The first kappa shape index (κ1) is 13.9. The van der Waals surface area contributed by atoms with Gasteiger partial charge in [-0.05, 0) is 31.2 Å². The van der Waals surface area contributed by atoms with E-state index in [9.17, 15) is 0 Å². The summed E-state index contributed by atoms with van der Waals surface area (Å²) < 4.78 is 16.6. The van der Waals surface area contributed by atoms with E-state index in [0.717, 1.165) is 34.7 Å². The molecule has 0 amide bonds. The van der Waals surface area contributed by atoms with Crippen LogP contribution in [0.25, 0.3) is 11.0 Å². The molecule has 0 bridgehead atoms. The van der Waals surface area contributed by atoms with Gasteiger partial charge in [0.2, 0.25) is 0 Å². The summed E-state index contributed by atoms with van der Waals surface area (Å²) in [6, 6.07) is 7.82. The Morgan fingerprint density at radius 1 is 1.30 bits per heavy atom. The average Bonchev–Trinajstić information content (AvgIpc) is 3.06. The molecule has 1 aliphatic rings. The summed E-state index contributed by atoms with van der Waals surface area (Å²) >= 11 is 5.98. The third-order valence-electron chi connectivity index (χ3n) is 3.45. The number of nitrogens with one attached hydrogen (secondary N) is 1. The van der Waals surface area contributed by atoms with E-state index in [4.69, 9.17) is 25.5 Å². The molecule has 1 atom stereocenters. The number of halogens is 1.